The summed E-state index contributed by atoms with van der Waals surface area (Å²) in [5.74, 6) is -0.826. The Morgan fingerprint density at radius 2 is 1.70 bits per heavy atom. The van der Waals surface area contributed by atoms with Gasteiger partial charge in [0.1, 0.15) is 0 Å². The van der Waals surface area contributed by atoms with Gasteiger partial charge in [0.25, 0.3) is 5.91 Å². The highest BCUT2D eigenvalue weighted by atomic mass is 19.4. The van der Waals surface area contributed by atoms with Crippen LogP contribution in [0.2, 0.25) is 0 Å². The molecule has 0 saturated carbocycles. The normalized spacial score (nSPS) is 14.2. The Morgan fingerprint density at radius 1 is 1.00 bits per heavy atom. The van der Waals surface area contributed by atoms with Crippen LogP contribution in [0.1, 0.15) is 35.2 Å². The standard InChI is InChI=1S/C21H20F3N3O3/c22-21(23,24)14-5-3-6-15(13-14)26-17-8-2-1-7-16(17)20(30)25-11-4-12-27-18(28)9-10-19(27)29/h1-3,5-8,13,26H,4,9-12H2,(H,25,30). The van der Waals surface area contributed by atoms with Crippen molar-refractivity contribution in [1.29, 1.82) is 0 Å². The first kappa shape index (κ1) is 21.4. The first-order valence-corrected chi connectivity index (χ1v) is 9.40. The summed E-state index contributed by atoms with van der Waals surface area (Å²) in [4.78, 5) is 36.9. The van der Waals surface area contributed by atoms with Gasteiger partial charge in [-0.2, -0.15) is 13.2 Å². The van der Waals surface area contributed by atoms with E-state index in [0.29, 0.717) is 12.1 Å². The fraction of sp³-hybridized carbons (Fsp3) is 0.286. The van der Waals surface area contributed by atoms with E-state index in [4.69, 9.17) is 0 Å². The van der Waals surface area contributed by atoms with Crippen LogP contribution in [0.3, 0.4) is 0 Å². The Kier molecular flexibility index (Phi) is 6.39. The predicted molar refractivity (Wildman–Crippen MR) is 104 cm³/mol. The number of rotatable bonds is 7. The lowest BCUT2D eigenvalue weighted by molar-refractivity contribution is -0.139. The Morgan fingerprint density at radius 3 is 2.40 bits per heavy atom. The number of benzene rings is 2. The second-order valence-corrected chi connectivity index (χ2v) is 6.80. The second kappa shape index (κ2) is 8.98. The maximum Gasteiger partial charge on any atom is 0.416 e. The number of nitrogens with one attached hydrogen (secondary N) is 2. The van der Waals surface area contributed by atoms with Gasteiger partial charge in [-0.25, -0.2) is 0 Å². The number of alkyl halides is 3. The minimum Gasteiger partial charge on any atom is -0.355 e. The van der Waals surface area contributed by atoms with E-state index in [0.717, 1.165) is 12.1 Å². The number of anilines is 2. The Labute approximate surface area is 171 Å². The molecule has 1 fully saturated rings. The third-order valence-electron chi connectivity index (χ3n) is 4.64. The maximum absolute atomic E-state index is 12.9. The Bertz CT molecular complexity index is 944. The van der Waals surface area contributed by atoms with Crippen molar-refractivity contribution >= 4 is 29.1 Å². The minimum absolute atomic E-state index is 0.205. The number of likely N-dealkylation sites (tertiary alicyclic amines) is 1. The summed E-state index contributed by atoms with van der Waals surface area (Å²) in [5.41, 5.74) is 0.0408. The molecule has 158 valence electrons. The van der Waals surface area contributed by atoms with E-state index in [-0.39, 0.29) is 49.0 Å². The lowest BCUT2D eigenvalue weighted by Crippen LogP contribution is -2.33. The number of amides is 3. The maximum atomic E-state index is 12.9. The SMILES string of the molecule is O=C(NCCCN1C(=O)CCC1=O)c1ccccc1Nc1cccc(C(F)(F)F)c1. The van der Waals surface area contributed by atoms with Crippen LogP contribution < -0.4 is 10.6 Å². The summed E-state index contributed by atoms with van der Waals surface area (Å²) < 4.78 is 38.7. The number of hydrogen-bond donors (Lipinski definition) is 2. The molecule has 1 aliphatic heterocycles. The van der Waals surface area contributed by atoms with Crippen LogP contribution >= 0.6 is 0 Å². The second-order valence-electron chi connectivity index (χ2n) is 6.80. The van der Waals surface area contributed by atoms with E-state index >= 15 is 0 Å². The summed E-state index contributed by atoms with van der Waals surface area (Å²) in [7, 11) is 0. The molecule has 30 heavy (non-hydrogen) atoms. The zero-order chi connectivity index (χ0) is 21.7. The summed E-state index contributed by atoms with van der Waals surface area (Å²) in [5, 5.41) is 5.56. The summed E-state index contributed by atoms with van der Waals surface area (Å²) >= 11 is 0. The van der Waals surface area contributed by atoms with Gasteiger partial charge in [-0.3, -0.25) is 19.3 Å². The molecule has 2 N–H and O–H groups in total. The molecule has 0 bridgehead atoms. The smallest absolute Gasteiger partial charge is 0.355 e. The van der Waals surface area contributed by atoms with Gasteiger partial charge in [0.05, 0.1) is 16.8 Å². The predicted octanol–water partition coefficient (Wildman–Crippen LogP) is 3.72. The molecule has 1 heterocycles. The van der Waals surface area contributed by atoms with Crippen molar-refractivity contribution in [2.24, 2.45) is 0 Å². The highest BCUT2D eigenvalue weighted by Crippen LogP contribution is 2.31. The molecule has 2 aromatic carbocycles. The number of imide groups is 1. The van der Waals surface area contributed by atoms with E-state index in [1.807, 2.05) is 0 Å². The van der Waals surface area contributed by atoms with E-state index in [9.17, 15) is 27.6 Å². The molecule has 9 heteroatoms. The molecule has 3 rings (SSSR count). The highest BCUT2D eigenvalue weighted by Gasteiger charge is 2.30. The molecule has 0 unspecified atom stereocenters. The van der Waals surface area contributed by atoms with Crippen molar-refractivity contribution in [3.8, 4) is 0 Å². The monoisotopic (exact) mass is 419 g/mol. The molecule has 0 atom stereocenters. The molecule has 1 aliphatic rings. The number of nitrogens with zero attached hydrogens (tertiary/aromatic N) is 1. The van der Waals surface area contributed by atoms with Gasteiger partial charge in [0, 0.05) is 31.6 Å². The van der Waals surface area contributed by atoms with Gasteiger partial charge in [0.2, 0.25) is 11.8 Å². The molecule has 6 nitrogen and oxygen atoms in total. The lowest BCUT2D eigenvalue weighted by atomic mass is 10.1. The molecule has 0 spiro atoms. The van der Waals surface area contributed by atoms with Crippen molar-refractivity contribution < 1.29 is 27.6 Å². The van der Waals surface area contributed by atoms with Crippen LogP contribution in [-0.2, 0) is 15.8 Å². The molecule has 3 amide bonds. The van der Waals surface area contributed by atoms with Gasteiger partial charge in [-0.05, 0) is 36.8 Å². The zero-order valence-electron chi connectivity index (χ0n) is 16.0. The Hall–Kier alpha value is -3.36. The third-order valence-corrected chi connectivity index (χ3v) is 4.64. The van der Waals surface area contributed by atoms with Crippen molar-refractivity contribution in [3.63, 3.8) is 0 Å². The summed E-state index contributed by atoms with van der Waals surface area (Å²) in [6.45, 7) is 0.482. The Balaban J connectivity index is 1.61. The molecule has 0 radical (unpaired) electrons. The van der Waals surface area contributed by atoms with Gasteiger partial charge < -0.3 is 10.6 Å². The topological polar surface area (TPSA) is 78.5 Å². The zero-order valence-corrected chi connectivity index (χ0v) is 16.0. The van der Waals surface area contributed by atoms with E-state index in [1.165, 1.54) is 17.0 Å². The average molecular weight is 419 g/mol. The molecule has 0 aliphatic carbocycles. The highest BCUT2D eigenvalue weighted by molar-refractivity contribution is 6.02. The fourth-order valence-corrected chi connectivity index (χ4v) is 3.13. The van der Waals surface area contributed by atoms with E-state index in [2.05, 4.69) is 10.6 Å². The summed E-state index contributed by atoms with van der Waals surface area (Å²) in [6.07, 6.45) is -3.61. The number of para-hydroxylation sites is 1. The van der Waals surface area contributed by atoms with Crippen molar-refractivity contribution in [2.75, 3.05) is 18.4 Å². The van der Waals surface area contributed by atoms with Crippen LogP contribution in [0.5, 0.6) is 0 Å². The number of carbonyl (C=O) groups is 3. The van der Waals surface area contributed by atoms with Crippen LogP contribution in [-0.4, -0.2) is 35.7 Å². The average Bonchev–Trinajstić information content (AvgIpc) is 3.03. The van der Waals surface area contributed by atoms with Gasteiger partial charge >= 0.3 is 6.18 Å². The first-order valence-electron chi connectivity index (χ1n) is 9.40. The molecule has 2 aromatic rings. The van der Waals surface area contributed by atoms with E-state index in [1.54, 1.807) is 24.3 Å². The van der Waals surface area contributed by atoms with Crippen LogP contribution in [0.4, 0.5) is 24.5 Å². The van der Waals surface area contributed by atoms with Crippen molar-refractivity contribution in [2.45, 2.75) is 25.4 Å². The quantitative estimate of drug-likeness (QED) is 0.530. The number of carbonyl (C=O) groups excluding carboxylic acids is 3. The third kappa shape index (κ3) is 5.16. The first-order chi connectivity index (χ1) is 14.3. The number of halogens is 3. The van der Waals surface area contributed by atoms with Crippen LogP contribution in [0.25, 0.3) is 0 Å². The van der Waals surface area contributed by atoms with Crippen molar-refractivity contribution in [1.82, 2.24) is 10.2 Å². The summed E-state index contributed by atoms with van der Waals surface area (Å²) in [6, 6.07) is 11.2. The number of hydrogen-bond acceptors (Lipinski definition) is 4. The largest absolute Gasteiger partial charge is 0.416 e. The van der Waals surface area contributed by atoms with Gasteiger partial charge in [-0.15, -0.1) is 0 Å². The lowest BCUT2D eigenvalue weighted by Gasteiger charge is -2.15. The molecule has 1 saturated heterocycles. The molecular formula is C21H20F3N3O3. The van der Waals surface area contributed by atoms with Crippen molar-refractivity contribution in [3.05, 3.63) is 59.7 Å². The fourth-order valence-electron chi connectivity index (χ4n) is 3.13. The van der Waals surface area contributed by atoms with E-state index < -0.39 is 17.6 Å². The molecular weight excluding hydrogens is 399 g/mol. The van der Waals surface area contributed by atoms with Crippen LogP contribution in [0, 0.1) is 0 Å². The van der Waals surface area contributed by atoms with Gasteiger partial charge in [-0.1, -0.05) is 18.2 Å². The van der Waals surface area contributed by atoms with Crippen LogP contribution in [0.15, 0.2) is 48.5 Å². The minimum atomic E-state index is -4.47. The molecule has 0 aromatic heterocycles. The van der Waals surface area contributed by atoms with Gasteiger partial charge in [0.15, 0.2) is 0 Å².